The van der Waals surface area contributed by atoms with Gasteiger partial charge in [-0.25, -0.2) is 0 Å². The molecule has 2 rings (SSSR count). The van der Waals surface area contributed by atoms with Gasteiger partial charge in [0.2, 0.25) is 0 Å². The van der Waals surface area contributed by atoms with Crippen LogP contribution in [0.2, 0.25) is 0 Å². The van der Waals surface area contributed by atoms with Crippen molar-refractivity contribution >= 4 is 22.2 Å². The first-order valence-electron chi connectivity index (χ1n) is 5.58. The van der Waals surface area contributed by atoms with Crippen LogP contribution in [0.1, 0.15) is 30.1 Å². The zero-order valence-corrected chi connectivity index (χ0v) is 10.9. The summed E-state index contributed by atoms with van der Waals surface area (Å²) in [6.07, 6.45) is 3.42. The van der Waals surface area contributed by atoms with E-state index in [2.05, 4.69) is 22.9 Å². The summed E-state index contributed by atoms with van der Waals surface area (Å²) >= 11 is 3.41. The van der Waals surface area contributed by atoms with Gasteiger partial charge in [-0.05, 0) is 58.8 Å². The third-order valence-corrected chi connectivity index (χ3v) is 3.96. The first kappa shape index (κ1) is 11.6. The van der Waals surface area contributed by atoms with Crippen LogP contribution in [0.15, 0.2) is 22.7 Å². The van der Waals surface area contributed by atoms with E-state index in [0.717, 1.165) is 29.0 Å². The Kier molecular flexibility index (Phi) is 3.64. The molecule has 1 fully saturated rings. The normalized spacial score (nSPS) is 23.6. The van der Waals surface area contributed by atoms with Crippen LogP contribution >= 0.6 is 15.9 Å². The number of carbonyl (C=O) groups excluding carboxylic acids is 1. The molecule has 0 aromatic heterocycles. The third kappa shape index (κ3) is 2.46. The Morgan fingerprint density at radius 2 is 2.31 bits per heavy atom. The number of rotatable bonds is 4. The zero-order valence-electron chi connectivity index (χ0n) is 9.28. The van der Waals surface area contributed by atoms with Crippen LogP contribution in [0.4, 0.5) is 0 Å². The summed E-state index contributed by atoms with van der Waals surface area (Å²) < 4.78 is 6.60. The van der Waals surface area contributed by atoms with Gasteiger partial charge in [0.15, 0.2) is 0 Å². The highest BCUT2D eigenvalue weighted by atomic mass is 79.9. The Morgan fingerprint density at radius 3 is 2.81 bits per heavy atom. The molecule has 1 aliphatic carbocycles. The molecule has 0 aliphatic heterocycles. The zero-order chi connectivity index (χ0) is 11.5. The summed E-state index contributed by atoms with van der Waals surface area (Å²) in [5, 5.41) is 0. The fourth-order valence-corrected chi connectivity index (χ4v) is 2.40. The van der Waals surface area contributed by atoms with Gasteiger partial charge in [-0.2, -0.15) is 0 Å². The minimum Gasteiger partial charge on any atom is -0.492 e. The summed E-state index contributed by atoms with van der Waals surface area (Å²) in [6, 6.07) is 5.40. The molecule has 3 heteroatoms. The lowest BCUT2D eigenvalue weighted by Crippen LogP contribution is -2.28. The standard InChI is InChI=1S/C13H15BrO2/c1-9-2-4-11(9)8-16-13-5-3-10(7-15)6-12(13)14/h3,5-7,9,11H,2,4,8H2,1H3/t9-,11-/m0/s1. The Morgan fingerprint density at radius 1 is 1.50 bits per heavy atom. The van der Waals surface area contributed by atoms with Crippen molar-refractivity contribution in [2.24, 2.45) is 11.8 Å². The van der Waals surface area contributed by atoms with Crippen molar-refractivity contribution < 1.29 is 9.53 Å². The Hall–Kier alpha value is -0.830. The maximum absolute atomic E-state index is 10.6. The maximum atomic E-state index is 10.6. The monoisotopic (exact) mass is 282 g/mol. The summed E-state index contributed by atoms with van der Waals surface area (Å²) in [5.74, 6) is 2.30. The molecule has 1 saturated carbocycles. The second-order valence-electron chi connectivity index (χ2n) is 4.43. The average molecular weight is 283 g/mol. The van der Waals surface area contributed by atoms with E-state index in [1.54, 1.807) is 12.1 Å². The van der Waals surface area contributed by atoms with Crippen molar-refractivity contribution in [3.63, 3.8) is 0 Å². The van der Waals surface area contributed by atoms with Gasteiger partial charge in [0.05, 0.1) is 11.1 Å². The second-order valence-corrected chi connectivity index (χ2v) is 5.29. The first-order valence-corrected chi connectivity index (χ1v) is 6.37. The van der Waals surface area contributed by atoms with Gasteiger partial charge >= 0.3 is 0 Å². The van der Waals surface area contributed by atoms with E-state index in [1.165, 1.54) is 12.8 Å². The molecular formula is C13H15BrO2. The molecule has 0 spiro atoms. The Bertz CT molecular complexity index is 390. The van der Waals surface area contributed by atoms with Crippen molar-refractivity contribution in [2.75, 3.05) is 6.61 Å². The molecule has 0 heterocycles. The number of aldehydes is 1. The molecule has 0 bridgehead atoms. The third-order valence-electron chi connectivity index (χ3n) is 3.34. The van der Waals surface area contributed by atoms with Gasteiger partial charge in [-0.15, -0.1) is 0 Å². The summed E-state index contributed by atoms with van der Waals surface area (Å²) in [5.41, 5.74) is 0.663. The molecular weight excluding hydrogens is 268 g/mol. The highest BCUT2D eigenvalue weighted by Gasteiger charge is 2.27. The lowest BCUT2D eigenvalue weighted by Gasteiger charge is -2.33. The number of hydrogen-bond donors (Lipinski definition) is 0. The highest BCUT2D eigenvalue weighted by molar-refractivity contribution is 9.10. The highest BCUT2D eigenvalue weighted by Crippen LogP contribution is 2.35. The van der Waals surface area contributed by atoms with E-state index in [4.69, 9.17) is 4.74 Å². The van der Waals surface area contributed by atoms with E-state index >= 15 is 0 Å². The summed E-state index contributed by atoms with van der Waals surface area (Å²) in [6.45, 7) is 3.04. The van der Waals surface area contributed by atoms with E-state index in [9.17, 15) is 4.79 Å². The minimum absolute atomic E-state index is 0.663. The maximum Gasteiger partial charge on any atom is 0.150 e. The van der Waals surface area contributed by atoms with Crippen LogP contribution in [0.5, 0.6) is 5.75 Å². The van der Waals surface area contributed by atoms with Crippen molar-refractivity contribution in [2.45, 2.75) is 19.8 Å². The van der Waals surface area contributed by atoms with Crippen LogP contribution in [0.3, 0.4) is 0 Å². The lowest BCUT2D eigenvalue weighted by atomic mass is 9.75. The number of benzene rings is 1. The SMILES string of the molecule is C[C@H]1CC[C@H]1COc1ccc(C=O)cc1Br. The molecule has 86 valence electrons. The van der Waals surface area contributed by atoms with Gasteiger partial charge in [-0.1, -0.05) is 6.92 Å². The molecule has 2 nitrogen and oxygen atoms in total. The number of carbonyl (C=O) groups is 1. The molecule has 0 amide bonds. The van der Waals surface area contributed by atoms with E-state index < -0.39 is 0 Å². The van der Waals surface area contributed by atoms with Crippen molar-refractivity contribution in [3.05, 3.63) is 28.2 Å². The van der Waals surface area contributed by atoms with Crippen molar-refractivity contribution in [3.8, 4) is 5.75 Å². The minimum atomic E-state index is 0.663. The van der Waals surface area contributed by atoms with Gasteiger partial charge in [-0.3, -0.25) is 4.79 Å². The van der Waals surface area contributed by atoms with Crippen LogP contribution in [0.25, 0.3) is 0 Å². The molecule has 2 atom stereocenters. The molecule has 0 radical (unpaired) electrons. The predicted octanol–water partition coefficient (Wildman–Crippen LogP) is 3.69. The van der Waals surface area contributed by atoms with Gasteiger partial charge in [0.1, 0.15) is 12.0 Å². The van der Waals surface area contributed by atoms with Crippen LogP contribution in [-0.2, 0) is 0 Å². The molecule has 0 unspecified atom stereocenters. The predicted molar refractivity (Wildman–Crippen MR) is 66.9 cm³/mol. The fourth-order valence-electron chi connectivity index (χ4n) is 1.89. The summed E-state index contributed by atoms with van der Waals surface area (Å²) in [7, 11) is 0. The van der Waals surface area contributed by atoms with Gasteiger partial charge in [0.25, 0.3) is 0 Å². The number of halogens is 1. The molecule has 1 aromatic rings. The molecule has 0 saturated heterocycles. The van der Waals surface area contributed by atoms with E-state index in [0.29, 0.717) is 11.5 Å². The topological polar surface area (TPSA) is 26.3 Å². The lowest BCUT2D eigenvalue weighted by molar-refractivity contribution is 0.112. The summed E-state index contributed by atoms with van der Waals surface area (Å²) in [4.78, 5) is 10.6. The van der Waals surface area contributed by atoms with Gasteiger partial charge in [0, 0.05) is 5.56 Å². The first-order chi connectivity index (χ1) is 7.70. The van der Waals surface area contributed by atoms with Crippen LogP contribution in [0, 0.1) is 11.8 Å². The van der Waals surface area contributed by atoms with Crippen LogP contribution in [-0.4, -0.2) is 12.9 Å². The second kappa shape index (κ2) is 5.00. The number of ether oxygens (including phenoxy) is 1. The molecule has 0 N–H and O–H groups in total. The largest absolute Gasteiger partial charge is 0.492 e. The Labute approximate surface area is 104 Å². The van der Waals surface area contributed by atoms with Crippen molar-refractivity contribution in [1.29, 1.82) is 0 Å². The average Bonchev–Trinajstić information content (AvgIpc) is 2.29. The van der Waals surface area contributed by atoms with Crippen molar-refractivity contribution in [1.82, 2.24) is 0 Å². The molecule has 1 aromatic carbocycles. The van der Waals surface area contributed by atoms with Gasteiger partial charge < -0.3 is 4.74 Å². The number of hydrogen-bond acceptors (Lipinski definition) is 2. The van der Waals surface area contributed by atoms with Crippen LogP contribution < -0.4 is 4.74 Å². The smallest absolute Gasteiger partial charge is 0.150 e. The van der Waals surface area contributed by atoms with E-state index in [-0.39, 0.29) is 0 Å². The fraction of sp³-hybridized carbons (Fsp3) is 0.462. The molecule has 16 heavy (non-hydrogen) atoms. The molecule has 1 aliphatic rings. The van der Waals surface area contributed by atoms with E-state index in [1.807, 2.05) is 6.07 Å². The quantitative estimate of drug-likeness (QED) is 0.788. The Balaban J connectivity index is 1.96.